The van der Waals surface area contributed by atoms with Gasteiger partial charge < -0.3 is 10.6 Å². The number of Topliss-reactive ketones (excluding diaryl/α,β-unsaturated/α-hetero) is 1. The summed E-state index contributed by atoms with van der Waals surface area (Å²) in [4.78, 5) is 23.3. The van der Waals surface area contributed by atoms with Crippen LogP contribution in [-0.4, -0.2) is 17.9 Å². The highest BCUT2D eigenvalue weighted by Gasteiger charge is 2.29. The fourth-order valence-corrected chi connectivity index (χ4v) is 1.94. The number of hydrogen-bond acceptors (Lipinski definition) is 2. The highest BCUT2D eigenvalue weighted by atomic mass is 19.1. The van der Waals surface area contributed by atoms with Crippen LogP contribution in [0.3, 0.4) is 0 Å². The second-order valence-corrected chi connectivity index (χ2v) is 5.87. The van der Waals surface area contributed by atoms with E-state index in [-0.39, 0.29) is 23.6 Å². The number of urea groups is 1. The fraction of sp³-hybridized carbons (Fsp3) is 0.579. The van der Waals surface area contributed by atoms with Crippen molar-refractivity contribution in [3.8, 4) is 0 Å². The Labute approximate surface area is 146 Å². The Kier molecular flexibility index (Phi) is 12.7. The minimum absolute atomic E-state index is 0.0987. The van der Waals surface area contributed by atoms with E-state index in [4.69, 9.17) is 0 Å². The minimum atomic E-state index is -0.560. The molecule has 0 bridgehead atoms. The second-order valence-electron chi connectivity index (χ2n) is 5.87. The molecule has 0 saturated carbocycles. The Morgan fingerprint density at radius 3 is 2.08 bits per heavy atom. The molecule has 24 heavy (non-hydrogen) atoms. The van der Waals surface area contributed by atoms with Crippen LogP contribution in [0.5, 0.6) is 0 Å². The first-order valence-corrected chi connectivity index (χ1v) is 8.49. The van der Waals surface area contributed by atoms with Gasteiger partial charge in [-0.2, -0.15) is 0 Å². The molecule has 1 aromatic rings. The van der Waals surface area contributed by atoms with Crippen LogP contribution < -0.4 is 10.6 Å². The summed E-state index contributed by atoms with van der Waals surface area (Å²) in [6.07, 6.45) is 0. The van der Waals surface area contributed by atoms with E-state index in [1.54, 1.807) is 12.1 Å². The zero-order valence-electron chi connectivity index (χ0n) is 16.3. The Bertz CT molecular complexity index is 496. The van der Waals surface area contributed by atoms with Gasteiger partial charge >= 0.3 is 6.03 Å². The summed E-state index contributed by atoms with van der Waals surface area (Å²) in [7, 11) is 0. The Hall–Kier alpha value is -1.91. The van der Waals surface area contributed by atoms with E-state index in [2.05, 4.69) is 10.6 Å². The van der Waals surface area contributed by atoms with E-state index in [1.165, 1.54) is 19.1 Å². The van der Waals surface area contributed by atoms with Crippen LogP contribution in [0.25, 0.3) is 0 Å². The van der Waals surface area contributed by atoms with Gasteiger partial charge in [0.2, 0.25) is 0 Å². The highest BCUT2D eigenvalue weighted by molar-refractivity contribution is 5.87. The summed E-state index contributed by atoms with van der Waals surface area (Å²) >= 11 is 0. The summed E-state index contributed by atoms with van der Waals surface area (Å²) in [5.74, 6) is -0.445. The monoisotopic (exact) mass is 340 g/mol. The normalized spacial score (nSPS) is 11.0. The first-order chi connectivity index (χ1) is 11.2. The van der Waals surface area contributed by atoms with E-state index in [1.807, 2.05) is 48.5 Å². The van der Waals surface area contributed by atoms with Crippen molar-refractivity contribution in [2.75, 3.05) is 0 Å². The van der Waals surface area contributed by atoms with Gasteiger partial charge in [-0.15, -0.1) is 0 Å². The zero-order chi connectivity index (χ0) is 19.3. The van der Waals surface area contributed by atoms with Crippen molar-refractivity contribution in [1.82, 2.24) is 10.6 Å². The van der Waals surface area contributed by atoms with Gasteiger partial charge in [0.05, 0.1) is 6.04 Å². The highest BCUT2D eigenvalue weighted by Crippen LogP contribution is 2.19. The summed E-state index contributed by atoms with van der Waals surface area (Å²) in [5, 5.41) is 5.26. The molecule has 4 nitrogen and oxygen atoms in total. The van der Waals surface area contributed by atoms with E-state index in [0.29, 0.717) is 5.56 Å². The molecule has 0 heterocycles. The molecule has 138 valence electrons. The maximum absolute atomic E-state index is 13.0. The van der Waals surface area contributed by atoms with Crippen molar-refractivity contribution in [3.05, 3.63) is 35.6 Å². The molecule has 1 rings (SSSR count). The van der Waals surface area contributed by atoms with Crippen LogP contribution >= 0.6 is 0 Å². The molecule has 0 fully saturated rings. The van der Waals surface area contributed by atoms with Gasteiger partial charge in [-0.3, -0.25) is 4.79 Å². The standard InChI is InChI=1S/C15H21FN2O2.2C2H6/c1-10(19)13(15(2,3)4)18-14(20)17-9-11-6-5-7-12(16)8-11;2*1-2/h5-8,13H,9H2,1-4H3,(H2,17,18,20);2*1-2H3. The molecule has 0 saturated heterocycles. The van der Waals surface area contributed by atoms with Crippen molar-refractivity contribution in [2.45, 2.75) is 68.0 Å². The molecule has 1 atom stereocenters. The quantitative estimate of drug-likeness (QED) is 0.836. The number of carbonyl (C=O) groups is 2. The summed E-state index contributed by atoms with van der Waals surface area (Å²) in [5.41, 5.74) is 0.303. The predicted octanol–water partition coefficient (Wildman–Crippen LogP) is 4.68. The molecule has 1 aromatic carbocycles. The summed E-state index contributed by atoms with van der Waals surface area (Å²) in [6, 6.07) is 4.99. The van der Waals surface area contributed by atoms with Crippen LogP contribution in [-0.2, 0) is 11.3 Å². The number of ketones is 1. The van der Waals surface area contributed by atoms with Crippen molar-refractivity contribution in [3.63, 3.8) is 0 Å². The van der Waals surface area contributed by atoms with Gasteiger partial charge in [0.1, 0.15) is 5.82 Å². The third-order valence-corrected chi connectivity index (χ3v) is 2.89. The Morgan fingerprint density at radius 1 is 1.12 bits per heavy atom. The SMILES string of the molecule is CC.CC.CC(=O)C(NC(=O)NCc1cccc(F)c1)C(C)(C)C. The molecule has 0 aliphatic rings. The van der Waals surface area contributed by atoms with Crippen molar-refractivity contribution >= 4 is 11.8 Å². The molecular weight excluding hydrogens is 307 g/mol. The van der Waals surface area contributed by atoms with Gasteiger partial charge in [0.25, 0.3) is 0 Å². The van der Waals surface area contributed by atoms with Gasteiger partial charge in [0.15, 0.2) is 5.78 Å². The molecule has 0 aliphatic carbocycles. The van der Waals surface area contributed by atoms with Crippen molar-refractivity contribution in [2.24, 2.45) is 5.41 Å². The van der Waals surface area contributed by atoms with Crippen LogP contribution in [0.2, 0.25) is 0 Å². The predicted molar refractivity (Wildman–Crippen MR) is 98.4 cm³/mol. The van der Waals surface area contributed by atoms with Gasteiger partial charge in [-0.05, 0) is 30.0 Å². The second kappa shape index (κ2) is 12.5. The third kappa shape index (κ3) is 9.98. The summed E-state index contributed by atoms with van der Waals surface area (Å²) in [6.45, 7) is 15.3. The topological polar surface area (TPSA) is 58.2 Å². The summed E-state index contributed by atoms with van der Waals surface area (Å²) < 4.78 is 13.0. The molecule has 5 heteroatoms. The molecule has 0 radical (unpaired) electrons. The van der Waals surface area contributed by atoms with Gasteiger partial charge in [0, 0.05) is 6.54 Å². The first-order valence-electron chi connectivity index (χ1n) is 8.49. The van der Waals surface area contributed by atoms with Gasteiger partial charge in [-0.25, -0.2) is 9.18 Å². The molecule has 1 unspecified atom stereocenters. The fourth-order valence-electron chi connectivity index (χ4n) is 1.94. The van der Waals surface area contributed by atoms with Crippen LogP contribution in [0.4, 0.5) is 9.18 Å². The lowest BCUT2D eigenvalue weighted by molar-refractivity contribution is -0.121. The number of hydrogen-bond donors (Lipinski definition) is 2. The third-order valence-electron chi connectivity index (χ3n) is 2.89. The smallest absolute Gasteiger partial charge is 0.315 e. The van der Waals surface area contributed by atoms with Crippen LogP contribution in [0, 0.1) is 11.2 Å². The Balaban J connectivity index is 0. The van der Waals surface area contributed by atoms with Crippen LogP contribution in [0.1, 0.15) is 61.0 Å². The minimum Gasteiger partial charge on any atom is -0.334 e. The largest absolute Gasteiger partial charge is 0.334 e. The Morgan fingerprint density at radius 2 is 1.67 bits per heavy atom. The molecule has 0 aromatic heterocycles. The molecular formula is C19H33FN2O2. The lowest BCUT2D eigenvalue weighted by atomic mass is 9.84. The van der Waals surface area contributed by atoms with Gasteiger partial charge in [-0.1, -0.05) is 60.6 Å². The van der Waals surface area contributed by atoms with Crippen LogP contribution in [0.15, 0.2) is 24.3 Å². The molecule has 2 N–H and O–H groups in total. The lowest BCUT2D eigenvalue weighted by Crippen LogP contribution is -2.51. The van der Waals surface area contributed by atoms with E-state index in [0.717, 1.165) is 0 Å². The molecule has 0 spiro atoms. The number of benzene rings is 1. The average Bonchev–Trinajstić information content (AvgIpc) is 2.53. The number of carbonyl (C=O) groups excluding carboxylic acids is 2. The molecule has 2 amide bonds. The maximum Gasteiger partial charge on any atom is 0.315 e. The van der Waals surface area contributed by atoms with Crippen molar-refractivity contribution < 1.29 is 14.0 Å². The van der Waals surface area contributed by atoms with E-state index in [9.17, 15) is 14.0 Å². The van der Waals surface area contributed by atoms with E-state index >= 15 is 0 Å². The maximum atomic E-state index is 13.0. The lowest BCUT2D eigenvalue weighted by Gasteiger charge is -2.29. The molecule has 0 aliphatic heterocycles. The average molecular weight is 340 g/mol. The van der Waals surface area contributed by atoms with Crippen molar-refractivity contribution in [1.29, 1.82) is 0 Å². The number of rotatable bonds is 4. The number of amides is 2. The van der Waals surface area contributed by atoms with E-state index < -0.39 is 12.1 Å². The number of halogens is 1. The first kappa shape index (κ1) is 24.3. The zero-order valence-corrected chi connectivity index (χ0v) is 16.3. The number of nitrogens with one attached hydrogen (secondary N) is 2.